The van der Waals surface area contributed by atoms with Crippen LogP contribution in [0.1, 0.15) is 82.7 Å². The Hall–Kier alpha value is -4.90. The summed E-state index contributed by atoms with van der Waals surface area (Å²) in [4.78, 5) is 58.7. The molecule has 0 amide bonds. The van der Waals surface area contributed by atoms with Crippen molar-refractivity contribution in [3.63, 3.8) is 0 Å². The number of aromatic nitrogens is 2. The van der Waals surface area contributed by atoms with Crippen molar-refractivity contribution in [3.05, 3.63) is 46.6 Å². The molecule has 1 aliphatic rings. The lowest BCUT2D eigenvalue weighted by Gasteiger charge is -2.43. The van der Waals surface area contributed by atoms with Crippen molar-refractivity contribution < 1.29 is 57.5 Å². The zero-order valence-electron chi connectivity index (χ0n) is 26.5. The highest BCUT2D eigenvalue weighted by atomic mass is 16.7. The fraction of sp³-hybridized carbons (Fsp3) is 0.500. The molecule has 0 spiro atoms. The Morgan fingerprint density at radius 2 is 1.52 bits per heavy atom. The van der Waals surface area contributed by atoms with Crippen molar-refractivity contribution in [3.8, 4) is 17.7 Å². The summed E-state index contributed by atoms with van der Waals surface area (Å²) in [7, 11) is 0. The van der Waals surface area contributed by atoms with Crippen molar-refractivity contribution in [1.82, 2.24) is 10.2 Å². The highest BCUT2D eigenvalue weighted by molar-refractivity contribution is 5.69. The molecule has 0 aliphatic carbocycles. The second-order valence-corrected chi connectivity index (χ2v) is 10.8. The summed E-state index contributed by atoms with van der Waals surface area (Å²) >= 11 is 0. The maximum atomic E-state index is 12.2. The van der Waals surface area contributed by atoms with E-state index in [0.29, 0.717) is 12.0 Å². The highest BCUT2D eigenvalue weighted by Gasteiger charge is 2.53. The first kappa shape index (κ1) is 35.6. The molecule has 0 bridgehead atoms. The number of H-pyrrole nitrogens is 1. The number of esters is 4. The van der Waals surface area contributed by atoms with Crippen LogP contribution in [0.4, 0.5) is 0 Å². The van der Waals surface area contributed by atoms with E-state index in [-0.39, 0.29) is 24.6 Å². The van der Waals surface area contributed by atoms with Crippen LogP contribution in [0.25, 0.3) is 0 Å². The summed E-state index contributed by atoms with van der Waals surface area (Å²) < 4.78 is 33.9. The molecule has 14 nitrogen and oxygen atoms in total. The van der Waals surface area contributed by atoms with Gasteiger partial charge in [0.1, 0.15) is 12.7 Å². The Labute approximate surface area is 266 Å². The number of carbonyl (C=O) groups is 5. The molecular formula is C32H38N2O12. The summed E-state index contributed by atoms with van der Waals surface area (Å²) in [6.07, 6.45) is -6.17. The van der Waals surface area contributed by atoms with E-state index < -0.39 is 67.2 Å². The van der Waals surface area contributed by atoms with Gasteiger partial charge in [-0.25, -0.2) is 0 Å². The molecule has 1 aliphatic heterocycles. The van der Waals surface area contributed by atoms with Crippen LogP contribution in [0.2, 0.25) is 0 Å². The van der Waals surface area contributed by atoms with E-state index in [4.69, 9.17) is 33.5 Å². The van der Waals surface area contributed by atoms with Gasteiger partial charge in [0.15, 0.2) is 12.2 Å². The van der Waals surface area contributed by atoms with Gasteiger partial charge in [0.2, 0.25) is 18.3 Å². The number of hydrogen-bond donors (Lipinski definition) is 2. The summed E-state index contributed by atoms with van der Waals surface area (Å²) in [6, 6.07) is 7.38. The van der Waals surface area contributed by atoms with Gasteiger partial charge in [0.25, 0.3) is 0 Å². The SMILES string of the molecule is CC(=O)OC[C@H]1O[C@@H](Oc2n[nH]c(C(C)C)c2Cc2ccc(C#CCCC(=O)O)cc2)[C@H](OC(C)=O)[C@@H](OC(C)=O)[C@H]1OC(C)=O. The Kier molecular flexibility index (Phi) is 12.7. The second-order valence-electron chi connectivity index (χ2n) is 10.8. The van der Waals surface area contributed by atoms with E-state index in [1.54, 1.807) is 0 Å². The smallest absolute Gasteiger partial charge is 0.304 e. The number of nitrogens with one attached hydrogen (secondary N) is 1. The van der Waals surface area contributed by atoms with E-state index in [9.17, 15) is 24.0 Å². The highest BCUT2D eigenvalue weighted by Crippen LogP contribution is 2.34. The molecule has 14 heteroatoms. The molecule has 0 radical (unpaired) electrons. The quantitative estimate of drug-likeness (QED) is 0.195. The van der Waals surface area contributed by atoms with Crippen LogP contribution in [0.15, 0.2) is 24.3 Å². The summed E-state index contributed by atoms with van der Waals surface area (Å²) in [5.74, 6) is 2.09. The largest absolute Gasteiger partial charge is 0.481 e. The summed E-state index contributed by atoms with van der Waals surface area (Å²) in [5.41, 5.74) is 3.03. The minimum absolute atomic E-state index is 0.00498. The number of rotatable bonds is 12. The van der Waals surface area contributed by atoms with Crippen LogP contribution in [0.5, 0.6) is 5.88 Å². The molecule has 0 saturated carbocycles. The van der Waals surface area contributed by atoms with E-state index in [1.807, 2.05) is 38.1 Å². The molecule has 46 heavy (non-hydrogen) atoms. The molecule has 1 aromatic heterocycles. The fourth-order valence-electron chi connectivity index (χ4n) is 4.74. The van der Waals surface area contributed by atoms with Gasteiger partial charge in [-0.1, -0.05) is 37.8 Å². The first-order valence-electron chi connectivity index (χ1n) is 14.6. The average molecular weight is 643 g/mol. The number of hydrogen-bond acceptors (Lipinski definition) is 12. The van der Waals surface area contributed by atoms with Crippen molar-refractivity contribution >= 4 is 29.8 Å². The standard InChI is InChI=1S/C32H38N2O12/c1-17(2)27-24(15-23-13-11-22(12-14-23)9-7-8-10-26(39)40)31(34-33-27)46-32-30(44-21(6)38)29(43-20(5)37)28(42-19(4)36)25(45-32)16-41-18(3)35/h11-14,17,25,28-30,32H,8,10,15-16H2,1-6H3,(H,33,34)(H,39,40)/t25-,28+,29+,30-,32+/m1/s1. The van der Waals surface area contributed by atoms with Crippen LogP contribution < -0.4 is 4.74 Å². The Balaban J connectivity index is 1.97. The average Bonchev–Trinajstić information content (AvgIpc) is 3.35. The van der Waals surface area contributed by atoms with E-state index in [2.05, 4.69) is 22.0 Å². The zero-order chi connectivity index (χ0) is 34.0. The molecule has 2 heterocycles. The van der Waals surface area contributed by atoms with Crippen molar-refractivity contribution in [2.24, 2.45) is 0 Å². The molecule has 1 aromatic carbocycles. The topological polar surface area (TPSA) is 190 Å². The van der Waals surface area contributed by atoms with Crippen LogP contribution in [-0.4, -0.2) is 82.5 Å². The maximum absolute atomic E-state index is 12.2. The van der Waals surface area contributed by atoms with Gasteiger partial charge in [-0.3, -0.25) is 29.1 Å². The van der Waals surface area contributed by atoms with Crippen molar-refractivity contribution in [2.45, 2.75) is 97.4 Å². The Morgan fingerprint density at radius 1 is 0.913 bits per heavy atom. The molecule has 1 fully saturated rings. The number of carboxylic acid groups (broad SMARTS) is 1. The Morgan fingerprint density at radius 3 is 2.09 bits per heavy atom. The predicted molar refractivity (Wildman–Crippen MR) is 158 cm³/mol. The maximum Gasteiger partial charge on any atom is 0.304 e. The van der Waals surface area contributed by atoms with Gasteiger partial charge in [-0.15, -0.1) is 5.10 Å². The molecule has 2 N–H and O–H groups in total. The minimum Gasteiger partial charge on any atom is -0.481 e. The van der Waals surface area contributed by atoms with E-state index in [1.165, 1.54) is 6.92 Å². The van der Waals surface area contributed by atoms with Crippen LogP contribution >= 0.6 is 0 Å². The molecule has 2 aromatic rings. The lowest BCUT2D eigenvalue weighted by Crippen LogP contribution is -2.63. The van der Waals surface area contributed by atoms with Gasteiger partial charge in [0.05, 0.1) is 6.42 Å². The minimum atomic E-state index is -1.44. The van der Waals surface area contributed by atoms with Crippen LogP contribution in [-0.2, 0) is 54.1 Å². The number of aliphatic carboxylic acids is 1. The number of carboxylic acids is 1. The van der Waals surface area contributed by atoms with Gasteiger partial charge in [-0.2, -0.15) is 0 Å². The van der Waals surface area contributed by atoms with Crippen LogP contribution in [0, 0.1) is 11.8 Å². The molecular weight excluding hydrogens is 604 g/mol. The van der Waals surface area contributed by atoms with Crippen molar-refractivity contribution in [2.75, 3.05) is 6.61 Å². The van der Waals surface area contributed by atoms with E-state index in [0.717, 1.165) is 37.6 Å². The number of nitrogens with zero attached hydrogens (tertiary/aromatic N) is 1. The monoisotopic (exact) mass is 642 g/mol. The molecule has 1 saturated heterocycles. The zero-order valence-corrected chi connectivity index (χ0v) is 26.5. The van der Waals surface area contributed by atoms with Gasteiger partial charge >= 0.3 is 29.8 Å². The third kappa shape index (κ3) is 10.3. The van der Waals surface area contributed by atoms with Gasteiger partial charge < -0.3 is 33.5 Å². The Bertz CT molecular complexity index is 1470. The van der Waals surface area contributed by atoms with Crippen LogP contribution in [0.3, 0.4) is 0 Å². The molecule has 0 unspecified atom stereocenters. The molecule has 248 valence electrons. The number of ether oxygens (including phenoxy) is 6. The lowest BCUT2D eigenvalue weighted by molar-refractivity contribution is -0.289. The summed E-state index contributed by atoms with van der Waals surface area (Å²) in [6.45, 7) is 8.13. The fourth-order valence-corrected chi connectivity index (χ4v) is 4.74. The number of carbonyl (C=O) groups excluding carboxylic acids is 4. The first-order chi connectivity index (χ1) is 21.7. The third-order valence-electron chi connectivity index (χ3n) is 6.65. The van der Waals surface area contributed by atoms with Gasteiger partial charge in [0, 0.05) is 57.4 Å². The lowest BCUT2D eigenvalue weighted by atomic mass is 9.97. The van der Waals surface area contributed by atoms with Gasteiger partial charge in [-0.05, 0) is 23.6 Å². The number of aromatic amines is 1. The number of benzene rings is 1. The first-order valence-corrected chi connectivity index (χ1v) is 14.6. The predicted octanol–water partition coefficient (Wildman–Crippen LogP) is 2.80. The normalized spacial score (nSPS) is 20.5. The second kappa shape index (κ2) is 16.4. The molecule has 5 atom stereocenters. The summed E-state index contributed by atoms with van der Waals surface area (Å²) in [5, 5.41) is 16.1. The van der Waals surface area contributed by atoms with E-state index >= 15 is 0 Å². The molecule has 3 rings (SSSR count). The third-order valence-corrected chi connectivity index (χ3v) is 6.65. The van der Waals surface area contributed by atoms with Crippen molar-refractivity contribution in [1.29, 1.82) is 0 Å².